The zero-order valence-corrected chi connectivity index (χ0v) is 8.42. The molecule has 0 radical (unpaired) electrons. The Morgan fingerprint density at radius 1 is 1.12 bits per heavy atom. The Morgan fingerprint density at radius 2 is 1.94 bits per heavy atom. The maximum absolute atomic E-state index is 10.1. The minimum Gasteiger partial charge on any atom is -0.289 e. The Morgan fingerprint density at radius 3 is 2.56 bits per heavy atom. The highest BCUT2D eigenvalue weighted by molar-refractivity contribution is 5.74. The van der Waals surface area contributed by atoms with Crippen LogP contribution in [0.1, 0.15) is 5.56 Å². The fourth-order valence-corrected chi connectivity index (χ4v) is 1.29. The molecule has 1 aromatic carbocycles. The molecule has 0 aliphatic carbocycles. The van der Waals surface area contributed by atoms with Crippen LogP contribution in [0.4, 0.5) is 0 Å². The Kier molecular flexibility index (Phi) is 3.05. The number of hydrogen-bond donors (Lipinski definition) is 0. The van der Waals surface area contributed by atoms with E-state index in [1.54, 1.807) is 18.6 Å². The molecule has 0 saturated heterocycles. The molecule has 0 spiro atoms. The monoisotopic (exact) mass is 208 g/mol. The molecule has 0 unspecified atom stereocenters. The summed E-state index contributed by atoms with van der Waals surface area (Å²) in [5.74, 6) is 5.08. The summed E-state index contributed by atoms with van der Waals surface area (Å²) in [5.41, 5.74) is 2.60. The molecule has 2 rings (SSSR count). The van der Waals surface area contributed by atoms with Crippen LogP contribution >= 0.6 is 0 Å². The van der Waals surface area contributed by atoms with Crippen LogP contribution in [0.2, 0.25) is 0 Å². The van der Waals surface area contributed by atoms with E-state index in [4.69, 9.17) is 0 Å². The fraction of sp³-hybridized carbons (Fsp3) is 0. The minimum absolute atomic E-state index is 0.580. The van der Waals surface area contributed by atoms with Crippen molar-refractivity contribution in [3.8, 4) is 23.1 Å². The molecule has 2 aromatic rings. The van der Waals surface area contributed by atoms with Crippen molar-refractivity contribution in [1.29, 1.82) is 0 Å². The van der Waals surface area contributed by atoms with Gasteiger partial charge >= 0.3 is 0 Å². The van der Waals surface area contributed by atoms with Gasteiger partial charge in [0.15, 0.2) is 6.29 Å². The van der Waals surface area contributed by atoms with E-state index in [9.17, 15) is 4.79 Å². The van der Waals surface area contributed by atoms with E-state index in [0.29, 0.717) is 6.29 Å². The summed E-state index contributed by atoms with van der Waals surface area (Å²) in [5, 5.41) is 0. The van der Waals surface area contributed by atoms with Gasteiger partial charge in [-0.1, -0.05) is 18.1 Å². The molecule has 16 heavy (non-hydrogen) atoms. The van der Waals surface area contributed by atoms with Gasteiger partial charge in [0.2, 0.25) is 0 Å². The van der Waals surface area contributed by atoms with Gasteiger partial charge in [-0.25, -0.2) is 0 Å². The first-order chi connectivity index (χ1) is 7.90. The first kappa shape index (κ1) is 10.1. The number of nitrogens with zero attached hydrogens (tertiary/aromatic N) is 2. The third-order valence-electron chi connectivity index (χ3n) is 2.02. The highest BCUT2D eigenvalue weighted by Gasteiger charge is 1.97. The minimum atomic E-state index is 0.580. The van der Waals surface area contributed by atoms with Crippen molar-refractivity contribution in [2.75, 3.05) is 0 Å². The second kappa shape index (κ2) is 4.85. The van der Waals surface area contributed by atoms with Gasteiger partial charge in [0.1, 0.15) is 0 Å². The van der Waals surface area contributed by atoms with Crippen LogP contribution < -0.4 is 0 Å². The van der Waals surface area contributed by atoms with Crippen LogP contribution in [0.5, 0.6) is 0 Å². The molecule has 3 heteroatoms. The Balaban J connectivity index is 2.30. The summed E-state index contributed by atoms with van der Waals surface area (Å²) in [6.45, 7) is 0. The lowest BCUT2D eigenvalue weighted by Crippen LogP contribution is -1.84. The molecule has 0 bridgehead atoms. The first-order valence-electron chi connectivity index (χ1n) is 4.72. The quantitative estimate of drug-likeness (QED) is 0.529. The van der Waals surface area contributed by atoms with Crippen LogP contribution in [0.15, 0.2) is 42.9 Å². The average molecular weight is 208 g/mol. The van der Waals surface area contributed by atoms with E-state index < -0.39 is 0 Å². The molecule has 0 aliphatic rings. The van der Waals surface area contributed by atoms with E-state index in [1.165, 1.54) is 0 Å². The summed E-state index contributed by atoms with van der Waals surface area (Å²) >= 11 is 0. The third-order valence-corrected chi connectivity index (χ3v) is 2.02. The summed E-state index contributed by atoms with van der Waals surface area (Å²) in [4.78, 5) is 18.3. The predicted octanol–water partition coefficient (Wildman–Crippen LogP) is 1.69. The third kappa shape index (κ3) is 2.31. The summed E-state index contributed by atoms with van der Waals surface area (Å²) < 4.78 is 0. The lowest BCUT2D eigenvalue weighted by Gasteiger charge is -1.98. The summed E-state index contributed by atoms with van der Waals surface area (Å²) in [6, 6.07) is 7.50. The van der Waals surface area contributed by atoms with Crippen molar-refractivity contribution in [1.82, 2.24) is 9.97 Å². The van der Waals surface area contributed by atoms with Crippen molar-refractivity contribution in [3.05, 3.63) is 48.4 Å². The highest BCUT2D eigenvalue weighted by Crippen LogP contribution is 2.15. The molecule has 0 N–H and O–H groups in total. The van der Waals surface area contributed by atoms with Gasteiger partial charge in [-0.3, -0.25) is 14.8 Å². The maximum atomic E-state index is 10.1. The topological polar surface area (TPSA) is 42.9 Å². The number of carbonyl (C=O) groups excluding carboxylic acids is 1. The molecular formula is C13H8N2O. The van der Waals surface area contributed by atoms with E-state index in [-0.39, 0.29) is 0 Å². The van der Waals surface area contributed by atoms with Crippen molar-refractivity contribution in [2.45, 2.75) is 0 Å². The van der Waals surface area contributed by atoms with Gasteiger partial charge in [0.25, 0.3) is 0 Å². The predicted molar refractivity (Wildman–Crippen MR) is 60.4 cm³/mol. The lowest BCUT2D eigenvalue weighted by molar-refractivity contribution is -0.103. The van der Waals surface area contributed by atoms with Crippen molar-refractivity contribution in [2.24, 2.45) is 0 Å². The Labute approximate surface area is 93.2 Å². The normalized spacial score (nSPS) is 9.00. The molecular weight excluding hydrogens is 200 g/mol. The van der Waals surface area contributed by atoms with Crippen LogP contribution in [-0.2, 0) is 4.79 Å². The highest BCUT2D eigenvalue weighted by atomic mass is 16.1. The van der Waals surface area contributed by atoms with Crippen molar-refractivity contribution < 1.29 is 4.79 Å². The summed E-state index contributed by atoms with van der Waals surface area (Å²) in [7, 11) is 0. The first-order valence-corrected chi connectivity index (χ1v) is 4.72. The SMILES string of the molecule is O=CC#Cc1ccc(-c2cnccn2)cc1. The molecule has 76 valence electrons. The van der Waals surface area contributed by atoms with Gasteiger partial charge in [-0.2, -0.15) is 0 Å². The number of carbonyl (C=O) groups is 1. The molecule has 0 atom stereocenters. The van der Waals surface area contributed by atoms with E-state index in [1.807, 2.05) is 24.3 Å². The second-order valence-electron chi connectivity index (χ2n) is 3.06. The largest absolute Gasteiger partial charge is 0.289 e. The van der Waals surface area contributed by atoms with Crippen LogP contribution in [-0.4, -0.2) is 16.3 Å². The standard InChI is InChI=1S/C13H8N2O/c16-9-1-2-11-3-5-12(6-4-11)13-10-14-7-8-15-13/h3-10H. The lowest BCUT2D eigenvalue weighted by atomic mass is 10.1. The molecule has 0 fully saturated rings. The number of aromatic nitrogens is 2. The number of rotatable bonds is 1. The molecule has 3 nitrogen and oxygen atoms in total. The van der Waals surface area contributed by atoms with E-state index >= 15 is 0 Å². The average Bonchev–Trinajstić information content (AvgIpc) is 2.38. The van der Waals surface area contributed by atoms with Crippen molar-refractivity contribution in [3.63, 3.8) is 0 Å². The van der Waals surface area contributed by atoms with Crippen LogP contribution in [0.25, 0.3) is 11.3 Å². The van der Waals surface area contributed by atoms with Gasteiger partial charge in [-0.05, 0) is 18.1 Å². The molecule has 0 aliphatic heterocycles. The smallest absolute Gasteiger partial charge is 0.193 e. The van der Waals surface area contributed by atoms with Gasteiger partial charge in [0, 0.05) is 23.5 Å². The Bertz CT molecular complexity index is 536. The number of aldehydes is 1. The number of hydrogen-bond acceptors (Lipinski definition) is 3. The fourth-order valence-electron chi connectivity index (χ4n) is 1.29. The van der Waals surface area contributed by atoms with Crippen molar-refractivity contribution >= 4 is 6.29 Å². The second-order valence-corrected chi connectivity index (χ2v) is 3.06. The van der Waals surface area contributed by atoms with Crippen LogP contribution in [0, 0.1) is 11.8 Å². The van der Waals surface area contributed by atoms with E-state index in [0.717, 1.165) is 16.8 Å². The molecule has 1 aromatic heterocycles. The van der Waals surface area contributed by atoms with E-state index in [2.05, 4.69) is 21.8 Å². The van der Waals surface area contributed by atoms with Crippen LogP contribution in [0.3, 0.4) is 0 Å². The number of benzene rings is 1. The maximum Gasteiger partial charge on any atom is 0.193 e. The molecule has 1 heterocycles. The zero-order chi connectivity index (χ0) is 11.2. The zero-order valence-electron chi connectivity index (χ0n) is 8.42. The van der Waals surface area contributed by atoms with Gasteiger partial charge in [-0.15, -0.1) is 0 Å². The molecule has 0 saturated carbocycles. The molecule has 0 amide bonds. The Hall–Kier alpha value is -2.47. The van der Waals surface area contributed by atoms with Gasteiger partial charge < -0.3 is 0 Å². The van der Waals surface area contributed by atoms with Gasteiger partial charge in [0.05, 0.1) is 11.9 Å². The summed E-state index contributed by atoms with van der Waals surface area (Å²) in [6.07, 6.45) is 5.56.